The molecule has 0 unspecified atom stereocenters. The molecule has 3 aliphatic rings. The van der Waals surface area contributed by atoms with Gasteiger partial charge >= 0.3 is 0 Å². The van der Waals surface area contributed by atoms with Gasteiger partial charge in [0, 0.05) is 41.4 Å². The number of non-ortho nitro benzene ring substituents is 1. The summed E-state index contributed by atoms with van der Waals surface area (Å²) in [6, 6.07) is 18.7. The number of carbonyl (C=O) groups is 2. The number of amides is 1. The van der Waals surface area contributed by atoms with Crippen molar-refractivity contribution in [2.75, 3.05) is 25.7 Å². The number of Topliss-reactive ketones (excluding diaryl/α,β-unsaturated/α-hetero) is 1. The highest BCUT2D eigenvalue weighted by Gasteiger charge is 2.64. The fourth-order valence-corrected chi connectivity index (χ4v) is 5.79. The third-order valence-electron chi connectivity index (χ3n) is 7.31. The molecule has 1 N–H and O–H groups in total. The summed E-state index contributed by atoms with van der Waals surface area (Å²) in [5, 5.41) is 14.4. The van der Waals surface area contributed by atoms with Gasteiger partial charge in [-0.15, -0.1) is 0 Å². The second-order valence-corrected chi connectivity index (χ2v) is 9.02. The number of hydrogen-bond donors (Lipinski definition) is 1. The summed E-state index contributed by atoms with van der Waals surface area (Å²) in [5.74, 6) is -0.795. The largest absolute Gasteiger partial charge is 0.454 e. The van der Waals surface area contributed by atoms with Crippen LogP contribution in [-0.2, 0) is 10.3 Å². The zero-order valence-electron chi connectivity index (χ0n) is 18.8. The zero-order valence-corrected chi connectivity index (χ0v) is 18.8. The second-order valence-electron chi connectivity index (χ2n) is 9.02. The van der Waals surface area contributed by atoms with Crippen LogP contribution in [0.25, 0.3) is 0 Å². The highest BCUT2D eigenvalue weighted by atomic mass is 16.7. The molecule has 0 bridgehead atoms. The van der Waals surface area contributed by atoms with Crippen LogP contribution in [-0.4, -0.2) is 41.9 Å². The number of likely N-dealkylation sites (tertiary alicyclic amines) is 1. The molecule has 6 rings (SSSR count). The minimum atomic E-state index is -1.26. The number of para-hydroxylation sites is 1. The Morgan fingerprint density at radius 1 is 1.09 bits per heavy atom. The summed E-state index contributed by atoms with van der Waals surface area (Å²) in [5.41, 5.74) is 1.09. The molecule has 1 fully saturated rings. The first kappa shape index (κ1) is 21.3. The fraction of sp³-hybridized carbons (Fsp3) is 0.231. The lowest BCUT2D eigenvalue weighted by atomic mass is 9.70. The van der Waals surface area contributed by atoms with Gasteiger partial charge in [-0.1, -0.05) is 30.3 Å². The lowest BCUT2D eigenvalue weighted by Gasteiger charge is -2.35. The predicted octanol–water partition coefficient (Wildman–Crippen LogP) is 3.70. The van der Waals surface area contributed by atoms with Crippen LogP contribution in [0.15, 0.2) is 66.7 Å². The first-order valence-electron chi connectivity index (χ1n) is 11.2. The molecule has 3 aliphatic heterocycles. The van der Waals surface area contributed by atoms with E-state index in [0.29, 0.717) is 34.9 Å². The van der Waals surface area contributed by atoms with E-state index in [1.807, 2.05) is 36.2 Å². The van der Waals surface area contributed by atoms with Gasteiger partial charge in [-0.2, -0.15) is 0 Å². The number of ether oxygens (including phenoxy) is 2. The summed E-state index contributed by atoms with van der Waals surface area (Å²) >= 11 is 0. The Balaban J connectivity index is 1.54. The van der Waals surface area contributed by atoms with Crippen LogP contribution in [0.4, 0.5) is 11.4 Å². The fourth-order valence-electron chi connectivity index (χ4n) is 5.79. The number of nitrogens with zero attached hydrogens (tertiary/aromatic N) is 2. The summed E-state index contributed by atoms with van der Waals surface area (Å²) in [6.07, 6.45) is 0. The number of nitro groups is 1. The molecule has 3 atom stereocenters. The van der Waals surface area contributed by atoms with Gasteiger partial charge in [-0.05, 0) is 36.9 Å². The number of nitrogens with one attached hydrogen (secondary N) is 1. The maximum Gasteiger partial charge on any atom is 0.269 e. The van der Waals surface area contributed by atoms with E-state index in [1.54, 1.807) is 30.3 Å². The molecule has 1 amide bonds. The van der Waals surface area contributed by atoms with Crippen LogP contribution in [0, 0.1) is 16.0 Å². The Bertz CT molecular complexity index is 1410. The predicted molar refractivity (Wildman–Crippen MR) is 126 cm³/mol. The number of fused-ring (bicyclic) bond motifs is 3. The van der Waals surface area contributed by atoms with E-state index < -0.39 is 22.3 Å². The lowest BCUT2D eigenvalue weighted by Crippen LogP contribution is -2.51. The molecule has 9 heteroatoms. The molecule has 0 radical (unpaired) electrons. The summed E-state index contributed by atoms with van der Waals surface area (Å²) in [6.45, 7) is 0.444. The van der Waals surface area contributed by atoms with E-state index in [1.165, 1.54) is 12.1 Å². The molecule has 35 heavy (non-hydrogen) atoms. The van der Waals surface area contributed by atoms with Gasteiger partial charge in [0.2, 0.25) is 12.7 Å². The topological polar surface area (TPSA) is 111 Å². The number of nitro benzene ring substituents is 1. The molecular weight excluding hydrogens is 450 g/mol. The van der Waals surface area contributed by atoms with Crippen LogP contribution in [0.1, 0.15) is 27.4 Å². The van der Waals surface area contributed by atoms with Crippen molar-refractivity contribution in [3.63, 3.8) is 0 Å². The molecular formula is C26H21N3O6. The first-order valence-corrected chi connectivity index (χ1v) is 11.2. The van der Waals surface area contributed by atoms with Crippen LogP contribution in [0.3, 0.4) is 0 Å². The van der Waals surface area contributed by atoms with Crippen molar-refractivity contribution in [2.24, 2.45) is 5.92 Å². The number of ketones is 1. The third-order valence-corrected chi connectivity index (χ3v) is 7.31. The summed E-state index contributed by atoms with van der Waals surface area (Å²) in [7, 11) is 1.82. The molecule has 0 aliphatic carbocycles. The molecule has 9 nitrogen and oxygen atoms in total. The Morgan fingerprint density at radius 3 is 2.71 bits per heavy atom. The van der Waals surface area contributed by atoms with E-state index in [9.17, 15) is 19.7 Å². The molecule has 1 saturated heterocycles. The SMILES string of the molecule is CN1C[C@H](c2cccc([N+](=O)[O-])c2)[C@@H](C(=O)c2ccc3c(c2)OCO3)[C@@]12C(=O)Nc1ccccc12. The average molecular weight is 471 g/mol. The van der Waals surface area contributed by atoms with Crippen molar-refractivity contribution in [1.82, 2.24) is 4.90 Å². The lowest BCUT2D eigenvalue weighted by molar-refractivity contribution is -0.384. The van der Waals surface area contributed by atoms with Crippen molar-refractivity contribution in [1.29, 1.82) is 0 Å². The average Bonchev–Trinajstić information content (AvgIpc) is 3.54. The van der Waals surface area contributed by atoms with E-state index in [-0.39, 0.29) is 24.2 Å². The van der Waals surface area contributed by atoms with E-state index in [2.05, 4.69) is 5.32 Å². The molecule has 3 aromatic rings. The molecule has 3 heterocycles. The maximum atomic E-state index is 14.3. The molecule has 176 valence electrons. The molecule has 3 aromatic carbocycles. The van der Waals surface area contributed by atoms with Crippen molar-refractivity contribution < 1.29 is 24.0 Å². The quantitative estimate of drug-likeness (QED) is 0.351. The normalized spacial score (nSPS) is 24.4. The van der Waals surface area contributed by atoms with Crippen molar-refractivity contribution in [2.45, 2.75) is 11.5 Å². The number of carbonyl (C=O) groups excluding carboxylic acids is 2. The van der Waals surface area contributed by atoms with E-state index in [4.69, 9.17) is 9.47 Å². The number of likely N-dealkylation sites (N-methyl/N-ethyl adjacent to an activating group) is 1. The Hall–Kier alpha value is -4.24. The van der Waals surface area contributed by atoms with Crippen molar-refractivity contribution >= 4 is 23.1 Å². The minimum absolute atomic E-state index is 0.0587. The third kappa shape index (κ3) is 2.98. The maximum absolute atomic E-state index is 14.3. The van der Waals surface area contributed by atoms with Crippen LogP contribution < -0.4 is 14.8 Å². The molecule has 0 saturated carbocycles. The van der Waals surface area contributed by atoms with Gasteiger partial charge in [0.1, 0.15) is 5.54 Å². The Kier molecular flexibility index (Phi) is 4.65. The standard InChI is InChI=1S/C26H21N3O6/c1-28-13-18(15-5-4-6-17(11-15)29(32)33)23(24(30)16-9-10-21-22(12-16)35-14-34-21)26(28)19-7-2-3-8-20(19)27-25(26)31/h2-12,18,23H,13-14H2,1H3,(H,27,31)/t18-,23+,26+/m1/s1. The summed E-state index contributed by atoms with van der Waals surface area (Å²) in [4.78, 5) is 40.9. The van der Waals surface area contributed by atoms with Gasteiger partial charge in [0.05, 0.1) is 10.8 Å². The van der Waals surface area contributed by atoms with Crippen molar-refractivity contribution in [3.05, 3.63) is 93.5 Å². The Morgan fingerprint density at radius 2 is 1.89 bits per heavy atom. The summed E-state index contributed by atoms with van der Waals surface area (Å²) < 4.78 is 10.9. The van der Waals surface area contributed by atoms with E-state index in [0.717, 1.165) is 5.56 Å². The molecule has 0 aromatic heterocycles. The minimum Gasteiger partial charge on any atom is -0.454 e. The Labute approximate surface area is 200 Å². The number of benzene rings is 3. The monoisotopic (exact) mass is 471 g/mol. The number of rotatable bonds is 4. The van der Waals surface area contributed by atoms with Gasteiger partial charge in [0.15, 0.2) is 17.3 Å². The van der Waals surface area contributed by atoms with Crippen LogP contribution >= 0.6 is 0 Å². The van der Waals surface area contributed by atoms with Crippen LogP contribution in [0.2, 0.25) is 0 Å². The zero-order chi connectivity index (χ0) is 24.3. The first-order chi connectivity index (χ1) is 16.9. The smallest absolute Gasteiger partial charge is 0.269 e. The van der Waals surface area contributed by atoms with Gasteiger partial charge in [-0.3, -0.25) is 24.6 Å². The highest BCUT2D eigenvalue weighted by molar-refractivity contribution is 6.12. The second kappa shape index (κ2) is 7.64. The van der Waals surface area contributed by atoms with Crippen molar-refractivity contribution in [3.8, 4) is 11.5 Å². The number of hydrogen-bond acceptors (Lipinski definition) is 7. The van der Waals surface area contributed by atoms with Gasteiger partial charge in [0.25, 0.3) is 5.69 Å². The van der Waals surface area contributed by atoms with E-state index >= 15 is 0 Å². The molecule has 1 spiro atoms. The highest BCUT2D eigenvalue weighted by Crippen LogP contribution is 2.56. The number of anilines is 1. The van der Waals surface area contributed by atoms with Gasteiger partial charge in [-0.25, -0.2) is 0 Å². The van der Waals surface area contributed by atoms with Crippen LogP contribution in [0.5, 0.6) is 11.5 Å². The van der Waals surface area contributed by atoms with Gasteiger partial charge < -0.3 is 14.8 Å².